The van der Waals surface area contributed by atoms with E-state index in [2.05, 4.69) is 28.2 Å². The van der Waals surface area contributed by atoms with E-state index in [4.69, 9.17) is 4.74 Å². The fourth-order valence-electron chi connectivity index (χ4n) is 1.72. The Kier molecular flexibility index (Phi) is 8.77. The van der Waals surface area contributed by atoms with Gasteiger partial charge in [0.2, 0.25) is 0 Å². The summed E-state index contributed by atoms with van der Waals surface area (Å²) in [6, 6.07) is 2.30. The molecule has 1 rings (SSSR count). The van der Waals surface area contributed by atoms with E-state index in [0.29, 0.717) is 6.61 Å². The van der Waals surface area contributed by atoms with Crippen LogP contribution in [0, 0.1) is 0 Å². The van der Waals surface area contributed by atoms with Crippen molar-refractivity contribution in [2.75, 3.05) is 19.8 Å². The van der Waals surface area contributed by atoms with Gasteiger partial charge < -0.3 is 10.1 Å². The van der Waals surface area contributed by atoms with Crippen molar-refractivity contribution in [3.05, 3.63) is 20.8 Å². The van der Waals surface area contributed by atoms with Crippen molar-refractivity contribution in [2.24, 2.45) is 0 Å². The highest BCUT2D eigenvalue weighted by atomic mass is 79.9. The van der Waals surface area contributed by atoms with Gasteiger partial charge in [0, 0.05) is 22.0 Å². The highest BCUT2D eigenvalue weighted by Gasteiger charge is 2.12. The first-order chi connectivity index (χ1) is 9.13. The molecule has 1 aromatic heterocycles. The number of nitrogens with one attached hydrogen (secondary N) is 1. The van der Waals surface area contributed by atoms with Gasteiger partial charge in [-0.2, -0.15) is 0 Å². The Morgan fingerprint density at radius 3 is 2.84 bits per heavy atom. The monoisotopic (exact) mass is 355 g/mol. The van der Waals surface area contributed by atoms with Crippen LogP contribution in [0.5, 0.6) is 0 Å². The van der Waals surface area contributed by atoms with Gasteiger partial charge in [-0.3, -0.25) is 0 Å². The minimum Gasteiger partial charge on any atom is -0.375 e. The lowest BCUT2D eigenvalue weighted by atomic mass is 10.1. The number of halogens is 3. The van der Waals surface area contributed by atoms with Crippen molar-refractivity contribution in [1.82, 2.24) is 5.32 Å². The van der Waals surface area contributed by atoms with E-state index < -0.39 is 13.0 Å². The molecular weight excluding hydrogens is 336 g/mol. The van der Waals surface area contributed by atoms with Gasteiger partial charge in [-0.25, -0.2) is 8.78 Å². The Bertz CT molecular complexity index is 349. The molecular formula is C13H20BrF2NOS. The van der Waals surface area contributed by atoms with Crippen molar-refractivity contribution < 1.29 is 13.5 Å². The van der Waals surface area contributed by atoms with Gasteiger partial charge in [-0.15, -0.1) is 11.3 Å². The number of hydrogen-bond donors (Lipinski definition) is 1. The summed E-state index contributed by atoms with van der Waals surface area (Å²) in [6.07, 6.45) is 0.321. The van der Waals surface area contributed by atoms with Crippen LogP contribution in [0.2, 0.25) is 0 Å². The minimum absolute atomic E-state index is 0.271. The van der Waals surface area contributed by atoms with Crippen molar-refractivity contribution >= 4 is 27.3 Å². The summed E-state index contributed by atoms with van der Waals surface area (Å²) in [5, 5.41) is 5.49. The third-order valence-electron chi connectivity index (χ3n) is 2.66. The van der Waals surface area contributed by atoms with Crippen LogP contribution in [-0.4, -0.2) is 32.2 Å². The molecule has 110 valence electrons. The maximum Gasteiger partial charge on any atom is 0.261 e. The van der Waals surface area contributed by atoms with Crippen LogP contribution in [0.1, 0.15) is 24.6 Å². The average molecular weight is 356 g/mol. The minimum atomic E-state index is -2.38. The average Bonchev–Trinajstić information content (AvgIpc) is 2.76. The summed E-state index contributed by atoms with van der Waals surface area (Å²) >= 11 is 5.22. The van der Waals surface area contributed by atoms with Crippen molar-refractivity contribution in [3.8, 4) is 0 Å². The molecule has 0 aliphatic carbocycles. The van der Waals surface area contributed by atoms with E-state index in [-0.39, 0.29) is 6.04 Å². The smallest absolute Gasteiger partial charge is 0.261 e. The third kappa shape index (κ3) is 7.34. The lowest BCUT2D eigenvalue weighted by Crippen LogP contribution is -2.33. The molecule has 1 N–H and O–H groups in total. The highest BCUT2D eigenvalue weighted by Crippen LogP contribution is 2.24. The third-order valence-corrected chi connectivity index (χ3v) is 4.61. The van der Waals surface area contributed by atoms with Gasteiger partial charge in [0.25, 0.3) is 6.43 Å². The second-order valence-corrected chi connectivity index (χ2v) is 6.16. The molecule has 0 bridgehead atoms. The fraction of sp³-hybridized carbons (Fsp3) is 0.692. The lowest BCUT2D eigenvalue weighted by Gasteiger charge is -2.18. The van der Waals surface area contributed by atoms with Gasteiger partial charge in [0.15, 0.2) is 0 Å². The summed E-state index contributed by atoms with van der Waals surface area (Å²) in [4.78, 5) is 1.28. The Hall–Kier alpha value is -0.0400. The van der Waals surface area contributed by atoms with Gasteiger partial charge in [0.1, 0.15) is 6.61 Å². The normalized spacial score (nSPS) is 13.1. The first kappa shape index (κ1) is 17.0. The SMILES string of the molecule is CCCNC(CCOCC(F)F)Cc1sccc1Br. The topological polar surface area (TPSA) is 21.3 Å². The zero-order valence-electron chi connectivity index (χ0n) is 11.0. The Labute approximate surface area is 125 Å². The zero-order chi connectivity index (χ0) is 14.1. The molecule has 0 amide bonds. The van der Waals surface area contributed by atoms with Gasteiger partial charge >= 0.3 is 0 Å². The Morgan fingerprint density at radius 2 is 2.26 bits per heavy atom. The molecule has 0 aliphatic heterocycles. The summed E-state index contributed by atoms with van der Waals surface area (Å²) < 4.78 is 30.0. The van der Waals surface area contributed by atoms with Crippen molar-refractivity contribution in [3.63, 3.8) is 0 Å². The van der Waals surface area contributed by atoms with Crippen molar-refractivity contribution in [2.45, 2.75) is 38.7 Å². The standard InChI is InChI=1S/C13H20BrF2NOS/c1-2-5-17-10(3-6-18-9-13(15)16)8-12-11(14)4-7-19-12/h4,7,10,13,17H,2-3,5-6,8-9H2,1H3. The molecule has 0 aliphatic rings. The molecule has 0 saturated carbocycles. The quantitative estimate of drug-likeness (QED) is 0.638. The zero-order valence-corrected chi connectivity index (χ0v) is 13.4. The number of ether oxygens (including phenoxy) is 1. The molecule has 1 heterocycles. The molecule has 19 heavy (non-hydrogen) atoms. The number of hydrogen-bond acceptors (Lipinski definition) is 3. The van der Waals surface area contributed by atoms with Crippen LogP contribution in [0.4, 0.5) is 8.78 Å². The largest absolute Gasteiger partial charge is 0.375 e. The van der Waals surface area contributed by atoms with E-state index in [1.54, 1.807) is 11.3 Å². The van der Waals surface area contributed by atoms with Crippen LogP contribution in [0.15, 0.2) is 15.9 Å². The molecule has 2 nitrogen and oxygen atoms in total. The number of rotatable bonds is 10. The molecule has 0 aromatic carbocycles. The van der Waals surface area contributed by atoms with E-state index in [1.807, 2.05) is 11.4 Å². The van der Waals surface area contributed by atoms with Crippen molar-refractivity contribution in [1.29, 1.82) is 0 Å². The lowest BCUT2D eigenvalue weighted by molar-refractivity contribution is 0.0144. The number of alkyl halides is 2. The number of thiophene rings is 1. The summed E-state index contributed by atoms with van der Waals surface area (Å²) in [5.41, 5.74) is 0. The predicted octanol–water partition coefficient (Wildman–Crippen LogP) is 4.09. The molecule has 0 fully saturated rings. The van der Waals surface area contributed by atoms with Gasteiger partial charge in [-0.1, -0.05) is 6.92 Å². The predicted molar refractivity (Wildman–Crippen MR) is 79.2 cm³/mol. The Morgan fingerprint density at radius 1 is 1.47 bits per heavy atom. The molecule has 1 aromatic rings. The summed E-state index contributed by atoms with van der Waals surface area (Å²) in [5.74, 6) is 0. The van der Waals surface area contributed by atoms with E-state index >= 15 is 0 Å². The van der Waals surface area contributed by atoms with E-state index in [9.17, 15) is 8.78 Å². The van der Waals surface area contributed by atoms with E-state index in [1.165, 1.54) is 4.88 Å². The first-order valence-corrected chi connectivity index (χ1v) is 8.11. The van der Waals surface area contributed by atoms with Crippen LogP contribution >= 0.6 is 27.3 Å². The molecule has 0 saturated heterocycles. The molecule has 1 unspecified atom stereocenters. The summed E-state index contributed by atoms with van der Waals surface area (Å²) in [7, 11) is 0. The second-order valence-electron chi connectivity index (χ2n) is 4.30. The molecule has 0 spiro atoms. The van der Waals surface area contributed by atoms with E-state index in [0.717, 1.165) is 30.3 Å². The molecule has 6 heteroatoms. The molecule has 0 radical (unpaired) electrons. The summed E-state index contributed by atoms with van der Waals surface area (Å²) in [6.45, 7) is 2.94. The van der Waals surface area contributed by atoms with Crippen LogP contribution in [0.3, 0.4) is 0 Å². The fourth-order valence-corrected chi connectivity index (χ4v) is 3.31. The van der Waals surface area contributed by atoms with Gasteiger partial charge in [0.05, 0.1) is 0 Å². The van der Waals surface area contributed by atoms with Crippen LogP contribution in [-0.2, 0) is 11.2 Å². The highest BCUT2D eigenvalue weighted by molar-refractivity contribution is 9.10. The van der Waals surface area contributed by atoms with Gasteiger partial charge in [-0.05, 0) is 53.2 Å². The maximum absolute atomic E-state index is 12.0. The second kappa shape index (κ2) is 9.80. The first-order valence-electron chi connectivity index (χ1n) is 6.44. The molecule has 1 atom stereocenters. The Balaban J connectivity index is 2.36. The van der Waals surface area contributed by atoms with Crippen LogP contribution < -0.4 is 5.32 Å². The van der Waals surface area contributed by atoms with Crippen LogP contribution in [0.25, 0.3) is 0 Å². The maximum atomic E-state index is 12.0.